The average molecular weight is 365 g/mol. The van der Waals surface area contributed by atoms with Gasteiger partial charge in [-0.2, -0.15) is 9.82 Å². The molecule has 2 aromatic heterocycles. The Balaban J connectivity index is 2.05. The summed E-state index contributed by atoms with van der Waals surface area (Å²) < 4.78 is 30.1. The first-order valence-corrected chi connectivity index (χ1v) is 9.37. The van der Waals surface area contributed by atoms with Gasteiger partial charge in [0.15, 0.2) is 0 Å². The number of aryl methyl sites for hydroxylation is 1. The highest BCUT2D eigenvalue weighted by Crippen LogP contribution is 2.28. The summed E-state index contributed by atoms with van der Waals surface area (Å²) in [5.41, 5.74) is 0.893. The third-order valence-corrected chi connectivity index (χ3v) is 6.21. The molecule has 2 heterocycles. The van der Waals surface area contributed by atoms with Crippen LogP contribution in [-0.4, -0.2) is 29.3 Å². The summed E-state index contributed by atoms with van der Waals surface area (Å²) in [6.07, 6.45) is 1.36. The number of fused-ring (bicyclic) bond motifs is 1. The van der Waals surface area contributed by atoms with Gasteiger partial charge in [0.05, 0.1) is 11.1 Å². The van der Waals surface area contributed by atoms with Crippen LogP contribution in [0.1, 0.15) is 17.3 Å². The van der Waals surface area contributed by atoms with E-state index in [1.165, 1.54) is 28.3 Å². The molecule has 0 radical (unpaired) electrons. The molecule has 24 heavy (non-hydrogen) atoms. The predicted octanol–water partition coefficient (Wildman–Crippen LogP) is 2.05. The molecule has 3 rings (SSSR count). The molecule has 0 bridgehead atoms. The molecule has 1 atom stereocenters. The second-order valence-electron chi connectivity index (χ2n) is 5.29. The number of benzene rings is 1. The lowest BCUT2D eigenvalue weighted by Gasteiger charge is -2.15. The van der Waals surface area contributed by atoms with Crippen molar-refractivity contribution in [2.45, 2.75) is 17.9 Å². The molecule has 0 aliphatic carbocycles. The summed E-state index contributed by atoms with van der Waals surface area (Å²) in [6.45, 7) is 1.69. The van der Waals surface area contributed by atoms with Crippen LogP contribution < -0.4 is 4.72 Å². The smallest absolute Gasteiger partial charge is 0.326 e. The molecule has 3 aromatic rings. The van der Waals surface area contributed by atoms with E-state index in [9.17, 15) is 18.3 Å². The van der Waals surface area contributed by atoms with Crippen LogP contribution in [0.3, 0.4) is 0 Å². The Morgan fingerprint density at radius 3 is 2.75 bits per heavy atom. The second kappa shape index (κ2) is 6.00. The normalized spacial score (nSPS) is 13.2. The molecule has 0 spiro atoms. The van der Waals surface area contributed by atoms with E-state index in [1.807, 2.05) is 6.07 Å². The Morgan fingerprint density at radius 2 is 2.12 bits per heavy atom. The highest BCUT2D eigenvalue weighted by Gasteiger charge is 2.30. The number of hydrogen-bond donors (Lipinski definition) is 2. The Kier molecular flexibility index (Phi) is 4.16. The van der Waals surface area contributed by atoms with E-state index in [4.69, 9.17) is 0 Å². The molecule has 2 N–H and O–H groups in total. The van der Waals surface area contributed by atoms with Gasteiger partial charge in [0.25, 0.3) is 0 Å². The number of thiophene rings is 1. The first-order valence-electron chi connectivity index (χ1n) is 7.01. The van der Waals surface area contributed by atoms with Gasteiger partial charge in [0.1, 0.15) is 6.04 Å². The van der Waals surface area contributed by atoms with Crippen LogP contribution >= 0.6 is 11.3 Å². The van der Waals surface area contributed by atoms with E-state index in [2.05, 4.69) is 9.82 Å². The lowest BCUT2D eigenvalue weighted by atomic mass is 10.1. The van der Waals surface area contributed by atoms with E-state index in [1.54, 1.807) is 31.5 Å². The maximum atomic E-state index is 12.8. The van der Waals surface area contributed by atoms with E-state index in [0.29, 0.717) is 16.6 Å². The number of nitrogens with one attached hydrogen (secondary N) is 1. The fraction of sp³-hybridized carbons (Fsp3) is 0.200. The number of carbonyl (C=O) groups is 1. The third kappa shape index (κ3) is 2.81. The minimum atomic E-state index is -4.02. The molecule has 0 fully saturated rings. The average Bonchev–Trinajstić information content (AvgIpc) is 3.12. The number of aromatic nitrogens is 2. The van der Waals surface area contributed by atoms with Crippen molar-refractivity contribution in [3.8, 4) is 0 Å². The van der Waals surface area contributed by atoms with Gasteiger partial charge < -0.3 is 5.11 Å². The van der Waals surface area contributed by atoms with Gasteiger partial charge in [-0.25, -0.2) is 8.42 Å². The van der Waals surface area contributed by atoms with Crippen molar-refractivity contribution >= 4 is 37.4 Å². The Bertz CT molecular complexity index is 1020. The summed E-state index contributed by atoms with van der Waals surface area (Å²) in [6, 6.07) is 5.22. The van der Waals surface area contributed by atoms with E-state index < -0.39 is 22.0 Å². The molecular weight excluding hydrogens is 350 g/mol. The number of nitrogens with zero attached hydrogens (tertiary/aromatic N) is 2. The van der Waals surface area contributed by atoms with E-state index >= 15 is 0 Å². The lowest BCUT2D eigenvalue weighted by Crippen LogP contribution is -2.34. The van der Waals surface area contributed by atoms with Crippen molar-refractivity contribution in [2.24, 2.45) is 7.05 Å². The summed E-state index contributed by atoms with van der Waals surface area (Å²) in [5.74, 6) is -1.29. The predicted molar refractivity (Wildman–Crippen MR) is 90.5 cm³/mol. The van der Waals surface area contributed by atoms with Crippen LogP contribution in [-0.2, 0) is 21.9 Å². The third-order valence-electron chi connectivity index (χ3n) is 3.85. The van der Waals surface area contributed by atoms with Crippen molar-refractivity contribution in [3.63, 3.8) is 0 Å². The van der Waals surface area contributed by atoms with Crippen LogP contribution in [0.25, 0.3) is 10.1 Å². The molecule has 7 nitrogen and oxygen atoms in total. The molecule has 9 heteroatoms. The summed E-state index contributed by atoms with van der Waals surface area (Å²) >= 11 is 1.42. The van der Waals surface area contributed by atoms with Crippen LogP contribution in [0.5, 0.6) is 0 Å². The minimum absolute atomic E-state index is 0.0639. The van der Waals surface area contributed by atoms with Crippen LogP contribution in [0.15, 0.2) is 40.7 Å². The standard InChI is InChI=1S/C15H15N3O4S2/c1-9-11(8-16-18(9)2)14(15(19)20)17-24(21,22)13-5-3-4-12-10(13)6-7-23-12/h3-8,14,17H,1-2H3,(H,19,20). The second-order valence-corrected chi connectivity index (χ2v) is 7.92. The maximum Gasteiger partial charge on any atom is 0.326 e. The van der Waals surface area contributed by atoms with Crippen LogP contribution in [0.4, 0.5) is 0 Å². The molecule has 0 saturated heterocycles. The van der Waals surface area contributed by atoms with Gasteiger partial charge >= 0.3 is 5.97 Å². The van der Waals surface area contributed by atoms with Gasteiger partial charge in [0.2, 0.25) is 10.0 Å². The zero-order valence-corrected chi connectivity index (χ0v) is 14.6. The molecule has 0 aliphatic heterocycles. The maximum absolute atomic E-state index is 12.8. The SMILES string of the molecule is Cc1c(C(NS(=O)(=O)c2cccc3sccc23)C(=O)O)cnn1C. The van der Waals surface area contributed by atoms with Crippen molar-refractivity contribution in [2.75, 3.05) is 0 Å². The number of aliphatic carboxylic acids is 1. The number of carboxylic acids is 1. The quantitative estimate of drug-likeness (QED) is 0.720. The monoisotopic (exact) mass is 365 g/mol. The molecule has 0 saturated carbocycles. The first kappa shape index (κ1) is 16.6. The van der Waals surface area contributed by atoms with Crippen molar-refractivity contribution in [3.05, 3.63) is 47.1 Å². The zero-order chi connectivity index (χ0) is 17.5. The highest BCUT2D eigenvalue weighted by atomic mass is 32.2. The first-order chi connectivity index (χ1) is 11.3. The van der Waals surface area contributed by atoms with Crippen LogP contribution in [0, 0.1) is 6.92 Å². The minimum Gasteiger partial charge on any atom is -0.480 e. The van der Waals surface area contributed by atoms with E-state index in [-0.39, 0.29) is 4.90 Å². The van der Waals surface area contributed by atoms with E-state index in [0.717, 1.165) is 4.70 Å². The molecule has 1 aromatic carbocycles. The molecule has 126 valence electrons. The summed E-state index contributed by atoms with van der Waals surface area (Å²) in [7, 11) is -2.35. The fourth-order valence-corrected chi connectivity index (χ4v) is 4.73. The Morgan fingerprint density at radius 1 is 1.38 bits per heavy atom. The number of carboxylic acid groups (broad SMARTS) is 1. The van der Waals surface area contributed by atoms with Gasteiger partial charge in [-0.3, -0.25) is 9.48 Å². The number of rotatable bonds is 5. The summed E-state index contributed by atoms with van der Waals surface area (Å²) in [5, 5.41) is 15.8. The van der Waals surface area contributed by atoms with Gasteiger partial charge in [0, 0.05) is 28.4 Å². The molecule has 1 unspecified atom stereocenters. The summed E-state index contributed by atoms with van der Waals surface area (Å²) in [4.78, 5) is 11.7. The van der Waals surface area contributed by atoms with Crippen molar-refractivity contribution in [1.82, 2.24) is 14.5 Å². The molecular formula is C15H15N3O4S2. The van der Waals surface area contributed by atoms with Crippen molar-refractivity contribution in [1.29, 1.82) is 0 Å². The molecule has 0 aliphatic rings. The largest absolute Gasteiger partial charge is 0.480 e. The van der Waals surface area contributed by atoms with Gasteiger partial charge in [-0.05, 0) is 30.5 Å². The van der Waals surface area contributed by atoms with Gasteiger partial charge in [-0.15, -0.1) is 11.3 Å². The van der Waals surface area contributed by atoms with Crippen molar-refractivity contribution < 1.29 is 18.3 Å². The number of sulfonamides is 1. The Labute approximate surface area is 142 Å². The van der Waals surface area contributed by atoms with Crippen LogP contribution in [0.2, 0.25) is 0 Å². The zero-order valence-electron chi connectivity index (χ0n) is 12.9. The number of hydrogen-bond acceptors (Lipinski definition) is 5. The molecule has 0 amide bonds. The van der Waals surface area contributed by atoms with Gasteiger partial charge in [-0.1, -0.05) is 6.07 Å². The highest BCUT2D eigenvalue weighted by molar-refractivity contribution is 7.89. The Hall–Kier alpha value is -2.23. The topological polar surface area (TPSA) is 101 Å². The lowest BCUT2D eigenvalue weighted by molar-refractivity contribution is -0.139. The fourth-order valence-electron chi connectivity index (χ4n) is 2.47.